The third-order valence-corrected chi connectivity index (χ3v) is 4.00. The van der Waals surface area contributed by atoms with Crippen molar-refractivity contribution < 1.29 is 9.90 Å². The molecule has 2 saturated carbocycles. The number of aliphatic carboxylic acids is 1. The van der Waals surface area contributed by atoms with Crippen LogP contribution < -0.4 is 0 Å². The summed E-state index contributed by atoms with van der Waals surface area (Å²) in [6, 6.07) is 0. The van der Waals surface area contributed by atoms with Crippen LogP contribution >= 0.6 is 0 Å². The molecule has 0 spiro atoms. The van der Waals surface area contributed by atoms with Crippen LogP contribution in [0.3, 0.4) is 0 Å². The second-order valence-electron chi connectivity index (χ2n) is 4.56. The van der Waals surface area contributed by atoms with Crippen molar-refractivity contribution in [1.29, 1.82) is 0 Å². The van der Waals surface area contributed by atoms with Crippen LogP contribution in [0, 0.1) is 17.3 Å². The zero-order valence-electron chi connectivity index (χ0n) is 7.55. The lowest BCUT2D eigenvalue weighted by atomic mass is 9.78. The smallest absolute Gasteiger partial charge is 0.309 e. The molecule has 0 aromatic heterocycles. The van der Waals surface area contributed by atoms with E-state index in [9.17, 15) is 4.79 Å². The maximum absolute atomic E-state index is 11.1. The predicted octanol–water partition coefficient (Wildman–Crippen LogP) is 2.29. The van der Waals surface area contributed by atoms with Gasteiger partial charge in [0.25, 0.3) is 0 Å². The van der Waals surface area contributed by atoms with E-state index in [0.29, 0.717) is 5.92 Å². The monoisotopic (exact) mass is 168 g/mol. The average molecular weight is 168 g/mol. The highest BCUT2D eigenvalue weighted by atomic mass is 16.4. The number of carboxylic acid groups (broad SMARTS) is 1. The Labute approximate surface area is 73.0 Å². The highest BCUT2D eigenvalue weighted by Crippen LogP contribution is 2.54. The molecule has 3 unspecified atom stereocenters. The third-order valence-electron chi connectivity index (χ3n) is 4.00. The lowest BCUT2D eigenvalue weighted by molar-refractivity contribution is -0.150. The van der Waals surface area contributed by atoms with E-state index < -0.39 is 5.97 Å². The van der Waals surface area contributed by atoms with Gasteiger partial charge in [0.2, 0.25) is 0 Å². The van der Waals surface area contributed by atoms with Crippen LogP contribution in [-0.4, -0.2) is 11.1 Å². The summed E-state index contributed by atoms with van der Waals surface area (Å²) in [4.78, 5) is 11.1. The Hall–Kier alpha value is -0.530. The van der Waals surface area contributed by atoms with E-state index in [-0.39, 0.29) is 5.41 Å². The minimum atomic E-state index is -0.572. The lowest BCUT2D eigenvalue weighted by Crippen LogP contribution is -2.31. The van der Waals surface area contributed by atoms with Crippen molar-refractivity contribution >= 4 is 5.97 Å². The molecule has 0 amide bonds. The summed E-state index contributed by atoms with van der Waals surface area (Å²) in [6.45, 7) is 1.94. The topological polar surface area (TPSA) is 37.3 Å². The highest BCUT2D eigenvalue weighted by Gasteiger charge is 2.51. The number of hydrogen-bond donors (Lipinski definition) is 1. The summed E-state index contributed by atoms with van der Waals surface area (Å²) < 4.78 is 0. The lowest BCUT2D eigenvalue weighted by Gasteiger charge is -2.25. The first-order chi connectivity index (χ1) is 5.64. The second kappa shape index (κ2) is 2.48. The summed E-state index contributed by atoms with van der Waals surface area (Å²) in [5.41, 5.74) is -0.388. The van der Waals surface area contributed by atoms with Crippen LogP contribution in [0.5, 0.6) is 0 Å². The minimum absolute atomic E-state index is 0.388. The second-order valence-corrected chi connectivity index (χ2v) is 4.56. The Morgan fingerprint density at radius 1 is 1.42 bits per heavy atom. The van der Waals surface area contributed by atoms with E-state index in [2.05, 4.69) is 0 Å². The first-order valence-corrected chi connectivity index (χ1v) is 4.88. The van der Waals surface area contributed by atoms with Crippen LogP contribution in [0.2, 0.25) is 0 Å². The Kier molecular flexibility index (Phi) is 1.67. The Morgan fingerprint density at radius 2 is 2.17 bits per heavy atom. The van der Waals surface area contributed by atoms with Crippen LogP contribution in [-0.2, 0) is 4.79 Å². The number of hydrogen-bond acceptors (Lipinski definition) is 1. The van der Waals surface area contributed by atoms with Crippen molar-refractivity contribution in [2.45, 2.75) is 39.0 Å². The van der Waals surface area contributed by atoms with Crippen molar-refractivity contribution in [3.63, 3.8) is 0 Å². The van der Waals surface area contributed by atoms with E-state index in [1.165, 1.54) is 12.8 Å². The maximum Gasteiger partial charge on any atom is 0.309 e. The van der Waals surface area contributed by atoms with E-state index in [0.717, 1.165) is 25.2 Å². The Bertz CT molecular complexity index is 212. The molecule has 0 aromatic carbocycles. The maximum atomic E-state index is 11.1. The van der Waals surface area contributed by atoms with Crippen molar-refractivity contribution in [3.8, 4) is 0 Å². The quantitative estimate of drug-likeness (QED) is 0.652. The molecule has 0 saturated heterocycles. The van der Waals surface area contributed by atoms with Crippen molar-refractivity contribution in [2.24, 2.45) is 17.3 Å². The van der Waals surface area contributed by atoms with E-state index in [1.807, 2.05) is 6.92 Å². The van der Waals surface area contributed by atoms with Gasteiger partial charge in [0, 0.05) is 0 Å². The van der Waals surface area contributed by atoms with Gasteiger partial charge in [-0.25, -0.2) is 0 Å². The van der Waals surface area contributed by atoms with E-state index in [4.69, 9.17) is 5.11 Å². The Balaban J connectivity index is 2.22. The van der Waals surface area contributed by atoms with Crippen LogP contribution in [0.25, 0.3) is 0 Å². The van der Waals surface area contributed by atoms with Gasteiger partial charge < -0.3 is 5.11 Å². The van der Waals surface area contributed by atoms with Crippen molar-refractivity contribution in [3.05, 3.63) is 0 Å². The summed E-state index contributed by atoms with van der Waals surface area (Å²) >= 11 is 0. The molecule has 2 rings (SSSR count). The van der Waals surface area contributed by atoms with Gasteiger partial charge in [-0.1, -0.05) is 12.8 Å². The standard InChI is InChI=1S/C10H16O2/c1-10(9(11)12)6-5-7-3-2-4-8(7)10/h7-8H,2-6H2,1H3,(H,11,12). The molecule has 0 bridgehead atoms. The Morgan fingerprint density at radius 3 is 2.83 bits per heavy atom. The summed E-state index contributed by atoms with van der Waals surface area (Å²) in [5.74, 6) is 0.637. The van der Waals surface area contributed by atoms with Gasteiger partial charge in [0.1, 0.15) is 0 Å². The molecule has 0 radical (unpaired) electrons. The first kappa shape index (κ1) is 8.09. The van der Waals surface area contributed by atoms with Gasteiger partial charge in [-0.3, -0.25) is 4.79 Å². The summed E-state index contributed by atoms with van der Waals surface area (Å²) in [7, 11) is 0. The van der Waals surface area contributed by atoms with Crippen LogP contribution in [0.4, 0.5) is 0 Å². The molecule has 1 N–H and O–H groups in total. The van der Waals surface area contributed by atoms with Gasteiger partial charge in [0.05, 0.1) is 5.41 Å². The first-order valence-electron chi connectivity index (χ1n) is 4.88. The molecule has 2 nitrogen and oxygen atoms in total. The molecule has 0 aliphatic heterocycles. The minimum Gasteiger partial charge on any atom is -0.481 e. The number of fused-ring (bicyclic) bond motifs is 1. The number of rotatable bonds is 1. The third kappa shape index (κ3) is 0.900. The molecular formula is C10H16O2. The molecule has 2 aliphatic carbocycles. The van der Waals surface area contributed by atoms with Crippen LogP contribution in [0.15, 0.2) is 0 Å². The summed E-state index contributed by atoms with van der Waals surface area (Å²) in [5, 5.41) is 9.12. The molecule has 3 atom stereocenters. The molecule has 68 valence electrons. The fourth-order valence-corrected chi connectivity index (χ4v) is 3.16. The molecule has 2 aliphatic rings. The summed E-state index contributed by atoms with van der Waals surface area (Å²) in [6.07, 6.45) is 5.71. The fourth-order valence-electron chi connectivity index (χ4n) is 3.16. The molecular weight excluding hydrogens is 152 g/mol. The van der Waals surface area contributed by atoms with Crippen molar-refractivity contribution in [2.75, 3.05) is 0 Å². The van der Waals surface area contributed by atoms with Gasteiger partial charge in [-0.05, 0) is 38.0 Å². The molecule has 0 aromatic rings. The highest BCUT2D eigenvalue weighted by molar-refractivity contribution is 5.75. The number of carboxylic acids is 1. The predicted molar refractivity (Wildman–Crippen MR) is 45.8 cm³/mol. The zero-order valence-corrected chi connectivity index (χ0v) is 7.55. The van der Waals surface area contributed by atoms with Crippen molar-refractivity contribution in [1.82, 2.24) is 0 Å². The van der Waals surface area contributed by atoms with Crippen LogP contribution in [0.1, 0.15) is 39.0 Å². The largest absolute Gasteiger partial charge is 0.481 e. The van der Waals surface area contributed by atoms with Gasteiger partial charge in [-0.15, -0.1) is 0 Å². The molecule has 12 heavy (non-hydrogen) atoms. The SMILES string of the molecule is CC1(C(=O)O)CCC2CCCC21. The average Bonchev–Trinajstić information content (AvgIpc) is 2.54. The zero-order chi connectivity index (χ0) is 8.77. The molecule has 0 heterocycles. The molecule has 2 heteroatoms. The van der Waals surface area contributed by atoms with Gasteiger partial charge in [-0.2, -0.15) is 0 Å². The number of carbonyl (C=O) groups is 1. The molecule has 2 fully saturated rings. The normalized spacial score (nSPS) is 46.1. The van der Waals surface area contributed by atoms with Gasteiger partial charge >= 0.3 is 5.97 Å². The van der Waals surface area contributed by atoms with E-state index >= 15 is 0 Å². The fraction of sp³-hybridized carbons (Fsp3) is 0.900. The van der Waals surface area contributed by atoms with E-state index in [1.54, 1.807) is 0 Å². The van der Waals surface area contributed by atoms with Gasteiger partial charge in [0.15, 0.2) is 0 Å².